The van der Waals surface area contributed by atoms with Crippen molar-refractivity contribution in [3.8, 4) is 0 Å². The van der Waals surface area contributed by atoms with Gasteiger partial charge in [-0.15, -0.1) is 13.3 Å². The summed E-state index contributed by atoms with van der Waals surface area (Å²) in [5, 5.41) is 0. The maximum absolute atomic E-state index is 4.93. The van der Waals surface area contributed by atoms with E-state index < -0.39 is 20.8 Å². The van der Waals surface area contributed by atoms with Crippen LogP contribution in [0.3, 0.4) is 0 Å². The molecule has 4 aliphatic rings. The first-order valence-electron chi connectivity index (χ1n) is 12.3. The second kappa shape index (κ2) is 25.9. The normalized spacial score (nSPS) is 17.5. The van der Waals surface area contributed by atoms with Crippen LogP contribution in [0.25, 0.3) is 12.2 Å². The molecule has 0 fully saturated rings. The van der Waals surface area contributed by atoms with E-state index in [1.165, 1.54) is 39.0 Å². The Morgan fingerprint density at radius 3 is 1.44 bits per heavy atom. The minimum atomic E-state index is -0.826. The van der Waals surface area contributed by atoms with E-state index in [4.69, 9.17) is 17.0 Å². The SMILES string of the molecule is C1=CC(C2C=Cc3ccccc32)c2ccccc21.CC1=[C-]C(C)(C)C(C)=C1C.[C-]1=CC=CC1.[CH3-].[CH3-].[CH3-].[CH3-].[Cl-].[Cl-].[Cl][Zr][Cl].[Zr+3]. The van der Waals surface area contributed by atoms with Gasteiger partial charge in [0.15, 0.2) is 0 Å². The molecule has 0 heterocycles. The third kappa shape index (κ3) is 14.4. The zero-order chi connectivity index (χ0) is 26.1. The third-order valence-electron chi connectivity index (χ3n) is 7.21. The molecule has 2 aromatic carbocycles. The molecule has 0 aliphatic heterocycles. The van der Waals surface area contributed by atoms with Crippen LogP contribution in [0.5, 0.6) is 0 Å². The second-order valence-corrected chi connectivity index (χ2v) is 13.5. The van der Waals surface area contributed by atoms with E-state index in [0.29, 0.717) is 11.8 Å². The molecule has 0 spiro atoms. The molecule has 43 heavy (non-hydrogen) atoms. The Bertz CT molecular complexity index is 1170. The van der Waals surface area contributed by atoms with E-state index >= 15 is 0 Å². The number of rotatable bonds is 1. The summed E-state index contributed by atoms with van der Waals surface area (Å²) in [7, 11) is 9.87. The number of benzene rings is 2. The average molecular weight is 815 g/mol. The molecule has 2 aromatic rings. The number of allylic oxidation sites excluding steroid dienone is 10. The molecule has 6 rings (SSSR count). The molecule has 2 unspecified atom stereocenters. The molecule has 2 atom stereocenters. The molecule has 0 aromatic heterocycles. The zero-order valence-corrected chi connectivity index (χ0v) is 35.0. The van der Waals surface area contributed by atoms with Gasteiger partial charge in [0.2, 0.25) is 0 Å². The van der Waals surface area contributed by atoms with Gasteiger partial charge in [-0.05, 0) is 22.3 Å². The molecule has 0 saturated heterocycles. The van der Waals surface area contributed by atoms with Crippen LogP contribution < -0.4 is 24.8 Å². The van der Waals surface area contributed by atoms with Crippen molar-refractivity contribution in [1.29, 1.82) is 0 Å². The average Bonchev–Trinajstić information content (AvgIpc) is 3.67. The summed E-state index contributed by atoms with van der Waals surface area (Å²) in [6, 6.07) is 17.4. The van der Waals surface area contributed by atoms with Crippen molar-refractivity contribution in [1.82, 2.24) is 0 Å². The fourth-order valence-corrected chi connectivity index (χ4v) is 4.93. The summed E-state index contributed by atoms with van der Waals surface area (Å²) in [6.45, 7) is 10.9. The summed E-state index contributed by atoms with van der Waals surface area (Å²) in [5.41, 5.74) is 10.1. The number of hydrogen-bond donors (Lipinski definition) is 0. The van der Waals surface area contributed by atoms with Crippen LogP contribution in [0.2, 0.25) is 0 Å². The minimum absolute atomic E-state index is 0. The molecule has 235 valence electrons. The summed E-state index contributed by atoms with van der Waals surface area (Å²) in [6.07, 6.45) is 22.7. The molecule has 0 N–H and O–H groups in total. The summed E-state index contributed by atoms with van der Waals surface area (Å²) in [4.78, 5) is 0. The Labute approximate surface area is 315 Å². The van der Waals surface area contributed by atoms with E-state index in [1.807, 2.05) is 12.2 Å². The quantitative estimate of drug-likeness (QED) is 0.301. The summed E-state index contributed by atoms with van der Waals surface area (Å²) in [5.74, 6) is 1.00. The molecular weight excluding hydrogens is 769 g/mol. The maximum Gasteiger partial charge on any atom is 3.00 e. The van der Waals surface area contributed by atoms with Gasteiger partial charge < -0.3 is 54.5 Å². The van der Waals surface area contributed by atoms with Gasteiger partial charge in [-0.25, -0.2) is 17.7 Å². The second-order valence-electron chi connectivity index (χ2n) is 9.73. The van der Waals surface area contributed by atoms with Crippen molar-refractivity contribution in [2.75, 3.05) is 0 Å². The Hall–Kier alpha value is -0.194. The van der Waals surface area contributed by atoms with Crippen molar-refractivity contribution in [2.45, 2.75) is 52.9 Å². The Morgan fingerprint density at radius 2 is 1.19 bits per heavy atom. The van der Waals surface area contributed by atoms with Crippen molar-refractivity contribution in [2.24, 2.45) is 5.41 Å². The van der Waals surface area contributed by atoms with E-state index in [9.17, 15) is 0 Å². The van der Waals surface area contributed by atoms with Crippen LogP contribution in [0.1, 0.15) is 75.1 Å². The van der Waals surface area contributed by atoms with Gasteiger partial charge in [0.1, 0.15) is 0 Å². The molecular formula is C37H46Cl4Zr2-5. The largest absolute Gasteiger partial charge is 3.00 e. The molecule has 6 heteroatoms. The molecule has 4 aliphatic carbocycles. The van der Waals surface area contributed by atoms with Gasteiger partial charge in [-0.2, -0.15) is 17.2 Å². The molecule has 0 bridgehead atoms. The molecule has 1 radical (unpaired) electrons. The number of hydrogen-bond acceptors (Lipinski definition) is 0. The maximum atomic E-state index is 4.93. The van der Waals surface area contributed by atoms with Crippen molar-refractivity contribution in [3.05, 3.63) is 160 Å². The first-order chi connectivity index (χ1) is 17.3. The first kappa shape index (κ1) is 52.3. The van der Waals surface area contributed by atoms with Gasteiger partial charge in [-0.3, -0.25) is 12.2 Å². The standard InChI is InChI=1S/C18H14.C10H15.C5H5.4CH3.4ClH.2Zr/c1-3-7-15-13(5-1)9-11-17(15)18-12-10-14-6-2-4-8-16(14)18;1-7-6-10(4,5)9(3)8(7)2;1-2-4-5-3-1;;;;;;;;;;/h1-12,17-18H;1-5H3;1-3H,4H2;4*1H3;4*1H;;/q;6*-1;;;;;+2;+3/p-4. The Balaban J connectivity index is -0.000000168. The van der Waals surface area contributed by atoms with Crippen molar-refractivity contribution >= 4 is 29.2 Å². The van der Waals surface area contributed by atoms with Crippen LogP contribution >= 0.6 is 17.0 Å². The predicted molar refractivity (Wildman–Crippen MR) is 180 cm³/mol. The topological polar surface area (TPSA) is 0 Å². The third-order valence-corrected chi connectivity index (χ3v) is 7.21. The van der Waals surface area contributed by atoms with Gasteiger partial charge in [0.25, 0.3) is 0 Å². The van der Waals surface area contributed by atoms with Crippen LogP contribution in [0, 0.1) is 47.3 Å². The molecule has 0 saturated carbocycles. The monoisotopic (exact) mass is 810 g/mol. The van der Waals surface area contributed by atoms with Gasteiger partial charge in [0, 0.05) is 11.8 Å². The van der Waals surface area contributed by atoms with Crippen molar-refractivity contribution in [3.63, 3.8) is 0 Å². The van der Waals surface area contributed by atoms with Gasteiger partial charge >= 0.3 is 64.1 Å². The smallest absolute Gasteiger partial charge is 3.00 e. The zero-order valence-electron chi connectivity index (χ0n) is 27.0. The predicted octanol–water partition coefficient (Wildman–Crippen LogP) is 6.21. The van der Waals surface area contributed by atoms with E-state index in [-0.39, 0.29) is 86.1 Å². The fraction of sp³-hybridized carbons (Fsp3) is 0.243. The van der Waals surface area contributed by atoms with E-state index in [0.717, 1.165) is 6.42 Å². The van der Waals surface area contributed by atoms with E-state index in [1.54, 1.807) is 0 Å². The fourth-order valence-electron chi connectivity index (χ4n) is 4.93. The number of fused-ring (bicyclic) bond motifs is 2. The van der Waals surface area contributed by atoms with Crippen molar-refractivity contribution < 1.29 is 71.9 Å². The minimum Gasteiger partial charge on any atom is 3.00 e. The molecule has 0 nitrogen and oxygen atoms in total. The Kier molecular flexibility index (Phi) is 31.6. The first-order valence-corrected chi connectivity index (χ1v) is 18.7. The van der Waals surface area contributed by atoms with Gasteiger partial charge in [-0.1, -0.05) is 106 Å². The van der Waals surface area contributed by atoms with Crippen LogP contribution in [0.15, 0.2) is 95.6 Å². The Morgan fingerprint density at radius 1 is 0.767 bits per heavy atom. The number of halogens is 4. The van der Waals surface area contributed by atoms with Gasteiger partial charge in [0.05, 0.1) is 0 Å². The van der Waals surface area contributed by atoms with Crippen LogP contribution in [-0.4, -0.2) is 0 Å². The molecule has 0 amide bonds. The summed E-state index contributed by atoms with van der Waals surface area (Å²) < 4.78 is 0. The summed E-state index contributed by atoms with van der Waals surface area (Å²) >= 11 is -0.826. The van der Waals surface area contributed by atoms with Crippen LogP contribution in [-0.2, 0) is 47.1 Å². The van der Waals surface area contributed by atoms with E-state index in [2.05, 4.69) is 126 Å². The van der Waals surface area contributed by atoms with Crippen LogP contribution in [0.4, 0.5) is 0 Å².